The first-order valence-corrected chi connectivity index (χ1v) is 9.69. The third-order valence-electron chi connectivity index (χ3n) is 3.49. The molecule has 0 radical (unpaired) electrons. The molecule has 1 N–H and O–H groups in total. The van der Waals surface area contributed by atoms with Gasteiger partial charge in [0.2, 0.25) is 5.91 Å². The molecule has 0 fully saturated rings. The maximum absolute atomic E-state index is 12.8. The van der Waals surface area contributed by atoms with Gasteiger partial charge in [-0.2, -0.15) is 0 Å². The fourth-order valence-corrected chi connectivity index (χ4v) is 3.15. The predicted octanol–water partition coefficient (Wildman–Crippen LogP) is 5.25. The maximum Gasteiger partial charge on any atom is 0.257 e. The summed E-state index contributed by atoms with van der Waals surface area (Å²) < 4.78 is 6.51. The summed E-state index contributed by atoms with van der Waals surface area (Å²) in [5.74, 6) is -0.298. The summed E-state index contributed by atoms with van der Waals surface area (Å²) in [5.41, 5.74) is 0.692. The van der Waals surface area contributed by atoms with Crippen LogP contribution < -0.4 is 10.1 Å². The van der Waals surface area contributed by atoms with Gasteiger partial charge in [0, 0.05) is 11.5 Å². The van der Waals surface area contributed by atoms with Crippen molar-refractivity contribution in [2.45, 2.75) is 20.0 Å². The number of nitrogens with one attached hydrogen (secondary N) is 1. The number of para-hydroxylation sites is 1. The van der Waals surface area contributed by atoms with Gasteiger partial charge in [0.1, 0.15) is 5.75 Å². The molecule has 0 heterocycles. The van der Waals surface area contributed by atoms with Crippen molar-refractivity contribution in [2.75, 3.05) is 18.9 Å². The highest BCUT2D eigenvalue weighted by Gasteiger charge is 2.20. The quantitative estimate of drug-likeness (QED) is 0.622. The Morgan fingerprint density at radius 3 is 2.41 bits per heavy atom. The van der Waals surface area contributed by atoms with Gasteiger partial charge < -0.3 is 15.0 Å². The number of ether oxygens (including phenoxy) is 1. The fourth-order valence-electron chi connectivity index (χ4n) is 2.31. The first-order chi connectivity index (χ1) is 12.7. The number of amides is 2. The van der Waals surface area contributed by atoms with Crippen LogP contribution in [0, 0.1) is 0 Å². The van der Waals surface area contributed by atoms with Crippen LogP contribution in [0.2, 0.25) is 10.0 Å². The first kappa shape index (κ1) is 21.5. The number of halogens is 3. The average Bonchev–Trinajstić information content (AvgIpc) is 2.57. The number of hydrogen-bond donors (Lipinski definition) is 1. The normalized spacial score (nSPS) is 10.6. The zero-order valence-corrected chi connectivity index (χ0v) is 18.2. The molecule has 0 aliphatic heterocycles. The summed E-state index contributed by atoms with van der Waals surface area (Å²) in [7, 11) is 1.54. The van der Waals surface area contributed by atoms with E-state index in [4.69, 9.17) is 27.9 Å². The smallest absolute Gasteiger partial charge is 0.257 e. The highest BCUT2D eigenvalue weighted by Crippen LogP contribution is 2.30. The number of carbonyl (C=O) groups is 2. The van der Waals surface area contributed by atoms with Crippen LogP contribution in [0.4, 0.5) is 5.69 Å². The summed E-state index contributed by atoms with van der Waals surface area (Å²) in [6.07, 6.45) is -0.0955. The molecule has 0 bridgehead atoms. The lowest BCUT2D eigenvalue weighted by Gasteiger charge is -2.20. The van der Waals surface area contributed by atoms with Gasteiger partial charge in [-0.05, 0) is 44.2 Å². The van der Waals surface area contributed by atoms with Gasteiger partial charge in [0.15, 0.2) is 0 Å². The first-order valence-electron chi connectivity index (χ1n) is 8.14. The molecule has 0 unspecified atom stereocenters. The van der Waals surface area contributed by atoms with Gasteiger partial charge in [-0.15, -0.1) is 0 Å². The molecule has 0 spiro atoms. The van der Waals surface area contributed by atoms with Crippen LogP contribution in [0.1, 0.15) is 24.2 Å². The van der Waals surface area contributed by atoms with Gasteiger partial charge in [-0.1, -0.05) is 45.2 Å². The molecule has 0 saturated carbocycles. The molecule has 8 heteroatoms. The molecule has 2 aromatic rings. The van der Waals surface area contributed by atoms with E-state index in [1.54, 1.807) is 36.4 Å². The topological polar surface area (TPSA) is 58.6 Å². The van der Waals surface area contributed by atoms with Crippen molar-refractivity contribution in [2.24, 2.45) is 0 Å². The average molecular weight is 474 g/mol. The van der Waals surface area contributed by atoms with E-state index >= 15 is 0 Å². The van der Waals surface area contributed by atoms with Crippen LogP contribution in [0.3, 0.4) is 0 Å². The molecule has 0 aromatic heterocycles. The maximum atomic E-state index is 12.8. The standard InChI is InChI=1S/C19H19BrCl2N2O3/c1-11(2)27-16-9-12(20)7-8-13(16)19(26)24(3)10-17(25)23-18-14(21)5-4-6-15(18)22/h4-9,11H,10H2,1-3H3,(H,23,25). The van der Waals surface area contributed by atoms with Crippen LogP contribution in [-0.2, 0) is 4.79 Å². The molecule has 5 nitrogen and oxygen atoms in total. The second-order valence-corrected chi connectivity index (χ2v) is 7.84. The lowest BCUT2D eigenvalue weighted by Crippen LogP contribution is -2.35. The highest BCUT2D eigenvalue weighted by atomic mass is 79.9. The largest absolute Gasteiger partial charge is 0.490 e. The Morgan fingerprint density at radius 2 is 1.81 bits per heavy atom. The Bertz CT molecular complexity index is 839. The van der Waals surface area contributed by atoms with Crippen molar-refractivity contribution in [1.82, 2.24) is 4.90 Å². The van der Waals surface area contributed by atoms with Crippen molar-refractivity contribution < 1.29 is 14.3 Å². The van der Waals surface area contributed by atoms with Gasteiger partial charge in [-0.25, -0.2) is 0 Å². The number of likely N-dealkylation sites (N-methyl/N-ethyl adjacent to an activating group) is 1. The summed E-state index contributed by atoms with van der Waals surface area (Å²) >= 11 is 15.5. The van der Waals surface area contributed by atoms with Crippen molar-refractivity contribution in [3.05, 3.63) is 56.5 Å². The van der Waals surface area contributed by atoms with Crippen molar-refractivity contribution >= 4 is 56.6 Å². The van der Waals surface area contributed by atoms with E-state index in [0.717, 1.165) is 4.47 Å². The number of hydrogen-bond acceptors (Lipinski definition) is 3. The minimum atomic E-state index is -0.413. The molecular formula is C19H19BrCl2N2O3. The van der Waals surface area contributed by atoms with E-state index < -0.39 is 5.91 Å². The number of nitrogens with zero attached hydrogens (tertiary/aromatic N) is 1. The van der Waals surface area contributed by atoms with E-state index in [1.807, 2.05) is 13.8 Å². The molecule has 2 rings (SSSR count). The monoisotopic (exact) mass is 472 g/mol. The lowest BCUT2D eigenvalue weighted by molar-refractivity contribution is -0.116. The molecule has 0 aliphatic carbocycles. The Labute approximate surface area is 176 Å². The summed E-state index contributed by atoms with van der Waals surface area (Å²) in [4.78, 5) is 26.4. The second kappa shape index (κ2) is 9.44. The van der Waals surface area contributed by atoms with Crippen molar-refractivity contribution in [3.63, 3.8) is 0 Å². The number of anilines is 1. The van der Waals surface area contributed by atoms with Crippen molar-refractivity contribution in [3.8, 4) is 5.75 Å². The van der Waals surface area contributed by atoms with E-state index in [9.17, 15) is 9.59 Å². The minimum Gasteiger partial charge on any atom is -0.490 e. The predicted molar refractivity (Wildman–Crippen MR) is 112 cm³/mol. The Kier molecular flexibility index (Phi) is 7.53. The summed E-state index contributed by atoms with van der Waals surface area (Å²) in [6, 6.07) is 10.1. The highest BCUT2D eigenvalue weighted by molar-refractivity contribution is 9.10. The van der Waals surface area contributed by atoms with E-state index in [1.165, 1.54) is 11.9 Å². The molecule has 2 aromatic carbocycles. The molecule has 144 valence electrons. The number of rotatable bonds is 6. The van der Waals surface area contributed by atoms with Crippen LogP contribution >= 0.6 is 39.1 Å². The molecule has 27 heavy (non-hydrogen) atoms. The van der Waals surface area contributed by atoms with E-state index in [0.29, 0.717) is 27.0 Å². The minimum absolute atomic E-state index is 0.0955. The van der Waals surface area contributed by atoms with Crippen LogP contribution in [0.5, 0.6) is 5.75 Å². The van der Waals surface area contributed by atoms with Crippen LogP contribution in [-0.4, -0.2) is 36.4 Å². The Hall–Kier alpha value is -1.76. The summed E-state index contributed by atoms with van der Waals surface area (Å²) in [6.45, 7) is 3.58. The van der Waals surface area contributed by atoms with Gasteiger partial charge >= 0.3 is 0 Å². The Morgan fingerprint density at radius 1 is 1.19 bits per heavy atom. The SMILES string of the molecule is CC(C)Oc1cc(Br)ccc1C(=O)N(C)CC(=O)Nc1c(Cl)cccc1Cl. The number of benzene rings is 2. The molecule has 0 atom stereocenters. The van der Waals surface area contributed by atoms with Gasteiger partial charge in [-0.3, -0.25) is 9.59 Å². The molecule has 0 aliphatic rings. The van der Waals surface area contributed by atoms with Crippen LogP contribution in [0.25, 0.3) is 0 Å². The second-order valence-electron chi connectivity index (χ2n) is 6.11. The number of carbonyl (C=O) groups excluding carboxylic acids is 2. The van der Waals surface area contributed by atoms with Gasteiger partial charge in [0.05, 0.1) is 33.9 Å². The zero-order valence-electron chi connectivity index (χ0n) is 15.1. The lowest BCUT2D eigenvalue weighted by atomic mass is 10.1. The summed E-state index contributed by atoms with van der Waals surface area (Å²) in [5, 5.41) is 3.29. The van der Waals surface area contributed by atoms with E-state index in [2.05, 4.69) is 21.2 Å². The van der Waals surface area contributed by atoms with Crippen LogP contribution in [0.15, 0.2) is 40.9 Å². The molecular weight excluding hydrogens is 455 g/mol. The Balaban J connectivity index is 2.13. The molecule has 2 amide bonds. The fraction of sp³-hybridized carbons (Fsp3) is 0.263. The zero-order chi connectivity index (χ0) is 20.1. The third-order valence-corrected chi connectivity index (χ3v) is 4.61. The van der Waals surface area contributed by atoms with E-state index in [-0.39, 0.29) is 18.6 Å². The molecule has 0 saturated heterocycles. The third kappa shape index (κ3) is 5.86. The van der Waals surface area contributed by atoms with Crippen molar-refractivity contribution in [1.29, 1.82) is 0 Å². The van der Waals surface area contributed by atoms with Gasteiger partial charge in [0.25, 0.3) is 5.91 Å².